The van der Waals surface area contributed by atoms with Gasteiger partial charge in [0.25, 0.3) is 5.91 Å². The van der Waals surface area contributed by atoms with Crippen LogP contribution in [0.2, 0.25) is 0 Å². The van der Waals surface area contributed by atoms with E-state index in [0.717, 1.165) is 24.0 Å². The molecule has 2 aromatic rings. The second kappa shape index (κ2) is 6.20. The Kier molecular flexibility index (Phi) is 4.13. The first-order chi connectivity index (χ1) is 10.3. The van der Waals surface area contributed by atoms with Crippen LogP contribution in [0.1, 0.15) is 10.4 Å². The molecule has 0 bridgehead atoms. The van der Waals surface area contributed by atoms with Gasteiger partial charge in [0, 0.05) is 49.9 Å². The number of pyridine rings is 1. The summed E-state index contributed by atoms with van der Waals surface area (Å²) in [5.41, 5.74) is 1.62. The highest BCUT2D eigenvalue weighted by atomic mass is 16.3. The van der Waals surface area contributed by atoms with Crippen LogP contribution in [0.4, 0.5) is 0 Å². The van der Waals surface area contributed by atoms with E-state index in [2.05, 4.69) is 9.88 Å². The lowest BCUT2D eigenvalue weighted by atomic mass is 10.1. The molecule has 0 aliphatic carbocycles. The molecule has 0 radical (unpaired) electrons. The number of aliphatic hydroxyl groups is 1. The predicted molar refractivity (Wildman–Crippen MR) is 81.2 cm³/mol. The summed E-state index contributed by atoms with van der Waals surface area (Å²) in [6.07, 6.45) is 1.75. The van der Waals surface area contributed by atoms with Crippen molar-refractivity contribution in [2.75, 3.05) is 39.3 Å². The Bertz CT molecular complexity index is 636. The number of aromatic nitrogens is 1. The van der Waals surface area contributed by atoms with Gasteiger partial charge >= 0.3 is 0 Å². The van der Waals surface area contributed by atoms with E-state index in [1.165, 1.54) is 0 Å². The van der Waals surface area contributed by atoms with Gasteiger partial charge in [-0.1, -0.05) is 6.07 Å². The predicted octanol–water partition coefficient (Wildman–Crippen LogP) is 0.985. The van der Waals surface area contributed by atoms with Gasteiger partial charge in [0.15, 0.2) is 0 Å². The number of nitrogens with zero attached hydrogens (tertiary/aromatic N) is 3. The molecule has 110 valence electrons. The Balaban J connectivity index is 1.72. The summed E-state index contributed by atoms with van der Waals surface area (Å²) in [7, 11) is 0. The van der Waals surface area contributed by atoms with E-state index >= 15 is 0 Å². The van der Waals surface area contributed by atoms with Gasteiger partial charge in [0.05, 0.1) is 12.1 Å². The van der Waals surface area contributed by atoms with Gasteiger partial charge in [0.2, 0.25) is 0 Å². The Morgan fingerprint density at radius 2 is 2.00 bits per heavy atom. The molecule has 0 spiro atoms. The Morgan fingerprint density at radius 3 is 2.76 bits per heavy atom. The Hall–Kier alpha value is -1.98. The van der Waals surface area contributed by atoms with Crippen molar-refractivity contribution in [2.45, 2.75) is 0 Å². The first-order valence-electron chi connectivity index (χ1n) is 7.25. The molecular formula is C16H19N3O2. The van der Waals surface area contributed by atoms with Crippen LogP contribution in [0.3, 0.4) is 0 Å². The van der Waals surface area contributed by atoms with Crippen LogP contribution in [-0.4, -0.2) is 65.1 Å². The molecular weight excluding hydrogens is 266 g/mol. The third-order valence-corrected chi connectivity index (χ3v) is 3.93. The lowest BCUT2D eigenvalue weighted by molar-refractivity contribution is 0.0615. The van der Waals surface area contributed by atoms with Crippen molar-refractivity contribution in [3.63, 3.8) is 0 Å². The van der Waals surface area contributed by atoms with Crippen molar-refractivity contribution in [1.29, 1.82) is 0 Å². The van der Waals surface area contributed by atoms with Gasteiger partial charge in [-0.3, -0.25) is 14.7 Å². The fourth-order valence-corrected chi connectivity index (χ4v) is 2.71. The van der Waals surface area contributed by atoms with Crippen molar-refractivity contribution >= 4 is 16.8 Å². The van der Waals surface area contributed by atoms with E-state index in [0.29, 0.717) is 25.2 Å². The highest BCUT2D eigenvalue weighted by Gasteiger charge is 2.21. The standard InChI is InChI=1S/C16H19N3O2/c20-11-10-18-6-8-19(9-7-18)16(21)14-3-4-15-13(12-14)2-1-5-17-15/h1-5,12,20H,6-11H2. The van der Waals surface area contributed by atoms with Crippen molar-refractivity contribution in [1.82, 2.24) is 14.8 Å². The third kappa shape index (κ3) is 3.04. The van der Waals surface area contributed by atoms with Crippen molar-refractivity contribution in [3.05, 3.63) is 42.1 Å². The normalized spacial score (nSPS) is 16.3. The fourth-order valence-electron chi connectivity index (χ4n) is 2.71. The zero-order chi connectivity index (χ0) is 14.7. The van der Waals surface area contributed by atoms with Gasteiger partial charge in [-0.15, -0.1) is 0 Å². The zero-order valence-electron chi connectivity index (χ0n) is 11.9. The highest BCUT2D eigenvalue weighted by Crippen LogP contribution is 2.15. The lowest BCUT2D eigenvalue weighted by Crippen LogP contribution is -2.49. The molecule has 1 fully saturated rings. The molecule has 5 nitrogen and oxygen atoms in total. The monoisotopic (exact) mass is 285 g/mol. The summed E-state index contributed by atoms with van der Waals surface area (Å²) in [6.45, 7) is 3.92. The summed E-state index contributed by atoms with van der Waals surface area (Å²) in [5, 5.41) is 9.93. The van der Waals surface area contributed by atoms with Crippen molar-refractivity contribution in [2.24, 2.45) is 0 Å². The number of hydrogen-bond acceptors (Lipinski definition) is 4. The number of carbonyl (C=O) groups is 1. The molecule has 2 heterocycles. The third-order valence-electron chi connectivity index (χ3n) is 3.93. The fraction of sp³-hybridized carbons (Fsp3) is 0.375. The summed E-state index contributed by atoms with van der Waals surface area (Å²) < 4.78 is 0. The minimum Gasteiger partial charge on any atom is -0.395 e. The molecule has 1 aromatic heterocycles. The van der Waals surface area contributed by atoms with Gasteiger partial charge < -0.3 is 10.0 Å². The first-order valence-corrected chi connectivity index (χ1v) is 7.25. The second-order valence-electron chi connectivity index (χ2n) is 5.27. The minimum absolute atomic E-state index is 0.0735. The van der Waals surface area contributed by atoms with Crippen molar-refractivity contribution < 1.29 is 9.90 Å². The van der Waals surface area contributed by atoms with Crippen LogP contribution in [0.25, 0.3) is 10.9 Å². The summed E-state index contributed by atoms with van der Waals surface area (Å²) in [5.74, 6) is 0.0735. The molecule has 1 aliphatic heterocycles. The van der Waals surface area contributed by atoms with Crippen LogP contribution >= 0.6 is 0 Å². The molecule has 1 aromatic carbocycles. The highest BCUT2D eigenvalue weighted by molar-refractivity contribution is 5.98. The molecule has 1 saturated heterocycles. The van der Waals surface area contributed by atoms with Gasteiger partial charge in [-0.25, -0.2) is 0 Å². The van der Waals surface area contributed by atoms with E-state index in [4.69, 9.17) is 5.11 Å². The number of aliphatic hydroxyl groups excluding tert-OH is 1. The Labute approximate surface area is 123 Å². The van der Waals surface area contributed by atoms with E-state index in [1.54, 1.807) is 6.20 Å². The molecule has 3 rings (SSSR count). The van der Waals surface area contributed by atoms with E-state index in [9.17, 15) is 4.79 Å². The average Bonchev–Trinajstić information content (AvgIpc) is 2.55. The summed E-state index contributed by atoms with van der Waals surface area (Å²) in [4.78, 5) is 20.9. The minimum atomic E-state index is 0.0735. The van der Waals surface area contributed by atoms with Gasteiger partial charge in [0.1, 0.15) is 0 Å². The van der Waals surface area contributed by atoms with Crippen LogP contribution in [0.15, 0.2) is 36.5 Å². The number of benzene rings is 1. The van der Waals surface area contributed by atoms with Crippen molar-refractivity contribution in [3.8, 4) is 0 Å². The first kappa shape index (κ1) is 14.0. The van der Waals surface area contributed by atoms with Crippen LogP contribution in [0, 0.1) is 0 Å². The molecule has 5 heteroatoms. The topological polar surface area (TPSA) is 56.7 Å². The van der Waals surface area contributed by atoms with Gasteiger partial charge in [-0.05, 0) is 24.3 Å². The summed E-state index contributed by atoms with van der Waals surface area (Å²) in [6, 6.07) is 9.50. The second-order valence-corrected chi connectivity index (χ2v) is 5.27. The van der Waals surface area contributed by atoms with E-state index in [-0.39, 0.29) is 12.5 Å². The molecule has 0 saturated carbocycles. The largest absolute Gasteiger partial charge is 0.395 e. The number of rotatable bonds is 3. The van der Waals surface area contributed by atoms with E-state index in [1.807, 2.05) is 35.2 Å². The number of hydrogen-bond donors (Lipinski definition) is 1. The quantitative estimate of drug-likeness (QED) is 0.913. The molecule has 1 amide bonds. The lowest BCUT2D eigenvalue weighted by Gasteiger charge is -2.34. The molecule has 21 heavy (non-hydrogen) atoms. The summed E-state index contributed by atoms with van der Waals surface area (Å²) >= 11 is 0. The number of fused-ring (bicyclic) bond motifs is 1. The van der Waals surface area contributed by atoms with Crippen LogP contribution in [-0.2, 0) is 0 Å². The van der Waals surface area contributed by atoms with E-state index < -0.39 is 0 Å². The maximum absolute atomic E-state index is 12.5. The Morgan fingerprint density at radius 1 is 1.19 bits per heavy atom. The molecule has 0 atom stereocenters. The zero-order valence-corrected chi connectivity index (χ0v) is 11.9. The number of piperazine rings is 1. The average molecular weight is 285 g/mol. The maximum atomic E-state index is 12.5. The smallest absolute Gasteiger partial charge is 0.253 e. The SMILES string of the molecule is O=C(c1ccc2ncccc2c1)N1CCN(CCO)CC1. The number of carbonyl (C=O) groups excluding carboxylic acids is 1. The number of β-amino-alcohol motifs (C(OH)–C–C–N with tert-alkyl or cyclic N) is 1. The van der Waals surface area contributed by atoms with Crippen LogP contribution < -0.4 is 0 Å². The molecule has 0 unspecified atom stereocenters. The maximum Gasteiger partial charge on any atom is 0.253 e. The molecule has 1 aliphatic rings. The van der Waals surface area contributed by atoms with Gasteiger partial charge in [-0.2, -0.15) is 0 Å². The number of amides is 1. The van der Waals surface area contributed by atoms with Crippen LogP contribution in [0.5, 0.6) is 0 Å². The molecule has 1 N–H and O–H groups in total.